The summed E-state index contributed by atoms with van der Waals surface area (Å²) >= 11 is 4.90. The first-order valence-corrected chi connectivity index (χ1v) is 4.25. The molecule has 0 radical (unpaired) electrons. The van der Waals surface area contributed by atoms with Crippen LogP contribution in [-0.2, 0) is 0 Å². The van der Waals surface area contributed by atoms with Crippen LogP contribution in [0, 0.1) is 0 Å². The Hall–Kier alpha value is -0.350. The van der Waals surface area contributed by atoms with Gasteiger partial charge in [-0.15, -0.1) is 0 Å². The van der Waals surface area contributed by atoms with E-state index in [0.29, 0.717) is 0 Å². The predicted molar refractivity (Wildman–Crippen MR) is 52.8 cm³/mol. The highest BCUT2D eigenvalue weighted by Crippen LogP contribution is 1.77. The second-order valence-electron chi connectivity index (χ2n) is 2.40. The lowest BCUT2D eigenvalue weighted by molar-refractivity contribution is 0.357. The van der Waals surface area contributed by atoms with Crippen LogP contribution >= 0.6 is 12.2 Å². The minimum absolute atomic E-state index is 0.717. The summed E-state index contributed by atoms with van der Waals surface area (Å²) in [4.78, 5) is 2.23. The van der Waals surface area contributed by atoms with Crippen molar-refractivity contribution in [1.82, 2.24) is 15.5 Å². The second-order valence-corrected chi connectivity index (χ2v) is 2.81. The van der Waals surface area contributed by atoms with E-state index in [9.17, 15) is 0 Å². The summed E-state index contributed by atoms with van der Waals surface area (Å²) in [6.45, 7) is 5.15. The third-order valence-corrected chi connectivity index (χ3v) is 1.89. The summed E-state index contributed by atoms with van der Waals surface area (Å²) in [5.74, 6) is 0. The molecule has 0 aliphatic heterocycles. The predicted octanol–water partition coefficient (Wildman–Crippen LogP) is 0.0320. The molecular formula is C7H17N3S. The monoisotopic (exact) mass is 175 g/mol. The first-order chi connectivity index (χ1) is 5.20. The van der Waals surface area contributed by atoms with E-state index in [-0.39, 0.29) is 0 Å². The molecule has 0 spiro atoms. The first-order valence-electron chi connectivity index (χ1n) is 3.84. The Morgan fingerprint density at radius 3 is 2.64 bits per heavy atom. The maximum absolute atomic E-state index is 4.90. The van der Waals surface area contributed by atoms with Gasteiger partial charge in [0.1, 0.15) is 0 Å². The van der Waals surface area contributed by atoms with Crippen LogP contribution < -0.4 is 10.6 Å². The van der Waals surface area contributed by atoms with Gasteiger partial charge in [-0.25, -0.2) is 0 Å². The van der Waals surface area contributed by atoms with Gasteiger partial charge in [-0.05, 0) is 25.8 Å². The van der Waals surface area contributed by atoms with Crippen molar-refractivity contribution in [3.05, 3.63) is 0 Å². The third kappa shape index (κ3) is 6.06. The highest BCUT2D eigenvalue weighted by atomic mass is 32.1. The van der Waals surface area contributed by atoms with Gasteiger partial charge in [0.2, 0.25) is 0 Å². The number of nitrogens with one attached hydrogen (secondary N) is 2. The number of thiocarbonyl (C=S) groups is 1. The van der Waals surface area contributed by atoms with Crippen molar-refractivity contribution >= 4 is 17.3 Å². The van der Waals surface area contributed by atoms with Gasteiger partial charge >= 0.3 is 0 Å². The average molecular weight is 175 g/mol. The average Bonchev–Trinajstić information content (AvgIpc) is 2.04. The van der Waals surface area contributed by atoms with Gasteiger partial charge in [0.05, 0.1) is 0 Å². The van der Waals surface area contributed by atoms with Crippen molar-refractivity contribution in [3.8, 4) is 0 Å². The summed E-state index contributed by atoms with van der Waals surface area (Å²) in [5.41, 5.74) is 0. The Kier molecular flexibility index (Phi) is 6.16. The Bertz CT molecular complexity index is 116. The summed E-state index contributed by atoms with van der Waals surface area (Å²) in [5, 5.41) is 6.65. The topological polar surface area (TPSA) is 27.3 Å². The lowest BCUT2D eigenvalue weighted by Crippen LogP contribution is -2.37. The zero-order valence-electron chi connectivity index (χ0n) is 7.48. The van der Waals surface area contributed by atoms with E-state index in [1.165, 1.54) is 0 Å². The highest BCUT2D eigenvalue weighted by molar-refractivity contribution is 7.80. The second kappa shape index (κ2) is 6.37. The van der Waals surface area contributed by atoms with Crippen molar-refractivity contribution in [2.45, 2.75) is 6.92 Å². The number of nitrogens with zero attached hydrogens (tertiary/aromatic N) is 1. The molecule has 0 rings (SSSR count). The largest absolute Gasteiger partial charge is 0.366 e. The standard InChI is InChI=1S/C7H17N3S/c1-4-10(3)6-5-9-7(11)8-2/h4-6H2,1-3H3,(H2,8,9,11). The number of hydrogen-bond acceptors (Lipinski definition) is 2. The molecule has 0 bridgehead atoms. The molecule has 0 atom stereocenters. The molecule has 0 fully saturated rings. The molecule has 0 saturated carbocycles. The third-order valence-electron chi connectivity index (χ3n) is 1.55. The van der Waals surface area contributed by atoms with Crippen molar-refractivity contribution in [2.24, 2.45) is 0 Å². The van der Waals surface area contributed by atoms with Gasteiger partial charge < -0.3 is 15.5 Å². The molecule has 0 aromatic heterocycles. The fourth-order valence-corrected chi connectivity index (χ4v) is 0.709. The maximum atomic E-state index is 4.90. The molecule has 11 heavy (non-hydrogen) atoms. The van der Waals surface area contributed by atoms with E-state index in [4.69, 9.17) is 12.2 Å². The Balaban J connectivity index is 3.20. The van der Waals surface area contributed by atoms with Gasteiger partial charge in [0, 0.05) is 20.1 Å². The molecule has 0 unspecified atom stereocenters. The Labute approximate surface area is 74.1 Å². The quantitative estimate of drug-likeness (QED) is 0.590. The van der Waals surface area contributed by atoms with Crippen LogP contribution in [0.25, 0.3) is 0 Å². The molecule has 66 valence electrons. The van der Waals surface area contributed by atoms with Crippen LogP contribution in [0.3, 0.4) is 0 Å². The first kappa shape index (κ1) is 10.7. The van der Waals surface area contributed by atoms with Gasteiger partial charge in [0.25, 0.3) is 0 Å². The normalized spacial score (nSPS) is 9.82. The Morgan fingerprint density at radius 2 is 2.18 bits per heavy atom. The smallest absolute Gasteiger partial charge is 0.166 e. The maximum Gasteiger partial charge on any atom is 0.166 e. The number of hydrogen-bond donors (Lipinski definition) is 2. The molecule has 0 aromatic rings. The van der Waals surface area contributed by atoms with E-state index < -0.39 is 0 Å². The fourth-order valence-electron chi connectivity index (χ4n) is 0.607. The van der Waals surface area contributed by atoms with Crippen molar-refractivity contribution in [2.75, 3.05) is 33.7 Å². The SMILES string of the molecule is CCN(C)CCNC(=S)NC. The van der Waals surface area contributed by atoms with Gasteiger partial charge in [0.15, 0.2) is 5.11 Å². The van der Waals surface area contributed by atoms with Crippen LogP contribution in [0.15, 0.2) is 0 Å². The molecule has 3 nitrogen and oxygen atoms in total. The molecule has 0 amide bonds. The van der Waals surface area contributed by atoms with Crippen LogP contribution in [0.2, 0.25) is 0 Å². The van der Waals surface area contributed by atoms with Gasteiger partial charge in [-0.3, -0.25) is 0 Å². The molecule has 0 aromatic carbocycles. The summed E-state index contributed by atoms with van der Waals surface area (Å²) in [7, 11) is 3.91. The summed E-state index contributed by atoms with van der Waals surface area (Å²) in [6, 6.07) is 0. The molecule has 4 heteroatoms. The van der Waals surface area contributed by atoms with Gasteiger partial charge in [-0.2, -0.15) is 0 Å². The number of rotatable bonds is 4. The highest BCUT2D eigenvalue weighted by Gasteiger charge is 1.93. The zero-order valence-corrected chi connectivity index (χ0v) is 8.29. The number of likely N-dealkylation sites (N-methyl/N-ethyl adjacent to an activating group) is 1. The summed E-state index contributed by atoms with van der Waals surface area (Å²) in [6.07, 6.45) is 0. The minimum Gasteiger partial charge on any atom is -0.366 e. The lowest BCUT2D eigenvalue weighted by Gasteiger charge is -2.14. The van der Waals surface area contributed by atoms with Crippen LogP contribution in [0.1, 0.15) is 6.92 Å². The molecule has 0 saturated heterocycles. The van der Waals surface area contributed by atoms with Crippen LogP contribution in [0.4, 0.5) is 0 Å². The fraction of sp³-hybridized carbons (Fsp3) is 0.857. The summed E-state index contributed by atoms with van der Waals surface area (Å²) < 4.78 is 0. The van der Waals surface area contributed by atoms with Crippen molar-refractivity contribution in [1.29, 1.82) is 0 Å². The van der Waals surface area contributed by atoms with E-state index in [1.807, 2.05) is 7.05 Å². The van der Waals surface area contributed by atoms with Gasteiger partial charge in [-0.1, -0.05) is 6.92 Å². The van der Waals surface area contributed by atoms with E-state index >= 15 is 0 Å². The van der Waals surface area contributed by atoms with Crippen molar-refractivity contribution in [3.63, 3.8) is 0 Å². The molecule has 0 aliphatic carbocycles. The Morgan fingerprint density at radius 1 is 1.55 bits per heavy atom. The zero-order chi connectivity index (χ0) is 8.69. The van der Waals surface area contributed by atoms with Crippen molar-refractivity contribution < 1.29 is 0 Å². The van der Waals surface area contributed by atoms with E-state index in [0.717, 1.165) is 24.7 Å². The minimum atomic E-state index is 0.717. The van der Waals surface area contributed by atoms with E-state index in [2.05, 4.69) is 29.5 Å². The van der Waals surface area contributed by atoms with Crippen LogP contribution in [0.5, 0.6) is 0 Å². The van der Waals surface area contributed by atoms with Crippen LogP contribution in [-0.4, -0.2) is 43.7 Å². The molecular weight excluding hydrogens is 158 g/mol. The van der Waals surface area contributed by atoms with E-state index in [1.54, 1.807) is 0 Å². The molecule has 2 N–H and O–H groups in total. The molecule has 0 heterocycles. The molecule has 0 aliphatic rings. The lowest BCUT2D eigenvalue weighted by atomic mass is 10.5.